The highest BCUT2D eigenvalue weighted by Gasteiger charge is 2.28. The summed E-state index contributed by atoms with van der Waals surface area (Å²) in [6.45, 7) is 0. The molecular weight excluding hydrogens is 1230 g/mol. The third kappa shape index (κ3) is 8.29. The summed E-state index contributed by atoms with van der Waals surface area (Å²) < 4.78 is 105. The van der Waals surface area contributed by atoms with Gasteiger partial charge in [-0.15, -0.1) is 0 Å². The Balaban J connectivity index is 0.000000134. The molecule has 2 aliphatic carbocycles. The largest absolute Gasteiger partial charge is 0.456 e. The molecular formula is C100H60O2. The second-order valence-electron chi connectivity index (χ2n) is 27.8. The number of fused-ring (bicyclic) bond motifs is 6. The van der Waals surface area contributed by atoms with Crippen molar-refractivity contribution in [3.05, 3.63) is 361 Å². The van der Waals surface area contributed by atoms with Crippen LogP contribution in [0.2, 0.25) is 0 Å². The molecule has 2 nitrogen and oxygen atoms in total. The van der Waals surface area contributed by atoms with Gasteiger partial charge in [0.25, 0.3) is 0 Å². The molecule has 0 aliphatic heterocycles. The molecule has 0 amide bonds. The zero-order valence-corrected chi connectivity index (χ0v) is 54.7. The van der Waals surface area contributed by atoms with Crippen LogP contribution in [0.4, 0.5) is 0 Å². The Hall–Kier alpha value is -12.9. The average Bonchev–Trinajstić information content (AvgIpc) is 0.765. The first kappa shape index (κ1) is 47.2. The van der Waals surface area contributed by atoms with Crippen molar-refractivity contribution >= 4 is 195 Å². The standard InChI is InChI=1S/2C50H30O/c2*1-2-13-45-40(11-1)44-27-34(20-23-46(44)51-45)36-24-37(39-21-18-33-17-15-29-6-3-7-31-19-22-42(39)50(33)47(29)31)26-38(25-36)43-28-35-10-4-8-30-14-16-32-9-5-12-41(43)49(32)48(30)35/h2*1-25,27-28,37H,26H2/i1D,2D,11D,13D,20D,23D,27D;24D,25D,26D. The van der Waals surface area contributed by atoms with E-state index in [1.165, 1.54) is 70.0 Å². The fourth-order valence-electron chi connectivity index (χ4n) is 17.9. The Morgan fingerprint density at radius 1 is 0.304 bits per heavy atom. The minimum atomic E-state index is -0.906. The first-order chi connectivity index (χ1) is 54.7. The monoisotopic (exact) mass is 1300 g/mol. The molecule has 3 unspecified atom stereocenters. The van der Waals surface area contributed by atoms with Crippen LogP contribution in [0, 0.1) is 0 Å². The lowest BCUT2D eigenvalue weighted by atomic mass is 9.77. The van der Waals surface area contributed by atoms with Crippen LogP contribution in [0.25, 0.3) is 195 Å². The lowest BCUT2D eigenvalue weighted by Crippen LogP contribution is -2.05. The summed E-state index contributed by atoms with van der Waals surface area (Å²) in [7, 11) is 0. The second-order valence-corrected chi connectivity index (χ2v) is 27.8. The number of rotatable bonds is 6. The van der Waals surface area contributed by atoms with Crippen LogP contribution in [0.3, 0.4) is 0 Å². The second kappa shape index (κ2) is 21.3. The summed E-state index contributed by atoms with van der Waals surface area (Å²) in [4.78, 5) is 0. The summed E-state index contributed by atoms with van der Waals surface area (Å²) in [5.74, 6) is -0.812. The van der Waals surface area contributed by atoms with E-state index in [-0.39, 0.29) is 69.7 Å². The Morgan fingerprint density at radius 3 is 1.38 bits per heavy atom. The van der Waals surface area contributed by atoms with Gasteiger partial charge in [-0.25, -0.2) is 0 Å². The summed E-state index contributed by atoms with van der Waals surface area (Å²) >= 11 is 0. The van der Waals surface area contributed by atoms with Gasteiger partial charge in [0.15, 0.2) is 0 Å². The summed E-state index contributed by atoms with van der Waals surface area (Å²) in [5.41, 5.74) is 9.26. The van der Waals surface area contributed by atoms with Crippen molar-refractivity contribution in [3.63, 3.8) is 0 Å². The van der Waals surface area contributed by atoms with Gasteiger partial charge in [-0.05, 0) is 246 Å². The first-order valence-electron chi connectivity index (χ1n) is 40.1. The molecule has 0 bridgehead atoms. The molecule has 20 aromatic carbocycles. The van der Waals surface area contributed by atoms with E-state index in [0.29, 0.717) is 29.2 Å². The molecule has 472 valence electrons. The molecule has 24 rings (SSSR count). The van der Waals surface area contributed by atoms with Gasteiger partial charge in [-0.2, -0.15) is 0 Å². The lowest BCUT2D eigenvalue weighted by Gasteiger charge is -2.26. The number of benzene rings is 20. The number of hydrogen-bond acceptors (Lipinski definition) is 2. The highest BCUT2D eigenvalue weighted by molar-refractivity contribution is 6.29. The Kier molecular flexibility index (Phi) is 9.86. The van der Waals surface area contributed by atoms with Gasteiger partial charge in [-0.3, -0.25) is 0 Å². The van der Waals surface area contributed by atoms with Crippen LogP contribution >= 0.6 is 0 Å². The number of allylic oxidation sites excluding steroid dienone is 8. The summed E-state index contributed by atoms with van der Waals surface area (Å²) in [5, 5.41) is 29.9. The molecule has 102 heavy (non-hydrogen) atoms. The van der Waals surface area contributed by atoms with Crippen LogP contribution in [0.15, 0.2) is 336 Å². The first-order valence-corrected chi connectivity index (χ1v) is 35.0. The number of hydrogen-bond donors (Lipinski definition) is 0. The predicted octanol–water partition coefficient (Wildman–Crippen LogP) is 28.1. The highest BCUT2D eigenvalue weighted by atomic mass is 16.3. The van der Waals surface area contributed by atoms with Crippen molar-refractivity contribution in [2.75, 3.05) is 0 Å². The van der Waals surface area contributed by atoms with E-state index in [1.807, 2.05) is 30.3 Å². The van der Waals surface area contributed by atoms with Crippen molar-refractivity contribution in [1.82, 2.24) is 0 Å². The van der Waals surface area contributed by atoms with E-state index in [1.54, 1.807) is 0 Å². The van der Waals surface area contributed by atoms with Crippen LogP contribution in [0.1, 0.15) is 71.7 Å². The fourth-order valence-corrected chi connectivity index (χ4v) is 17.9. The molecule has 0 spiro atoms. The molecule has 2 heterocycles. The fraction of sp³-hybridized carbons (Fsp3) is 0.0400. The zero-order valence-electron chi connectivity index (χ0n) is 64.7. The quantitative estimate of drug-likeness (QED) is 0.155. The van der Waals surface area contributed by atoms with Crippen LogP contribution < -0.4 is 0 Å². The minimum absolute atomic E-state index is 0.0519. The third-order valence-corrected chi connectivity index (χ3v) is 22.4. The number of furan rings is 2. The van der Waals surface area contributed by atoms with E-state index in [9.17, 15) is 8.22 Å². The van der Waals surface area contributed by atoms with Crippen molar-refractivity contribution < 1.29 is 22.5 Å². The topological polar surface area (TPSA) is 26.3 Å². The van der Waals surface area contributed by atoms with Gasteiger partial charge >= 0.3 is 0 Å². The van der Waals surface area contributed by atoms with Gasteiger partial charge in [0.05, 0.1) is 12.3 Å². The Labute approximate surface area is 600 Å². The van der Waals surface area contributed by atoms with E-state index in [4.69, 9.17) is 14.3 Å². The maximum absolute atomic E-state index is 10.3. The molecule has 0 saturated carbocycles. The predicted molar refractivity (Wildman–Crippen MR) is 435 cm³/mol. The number of para-hydroxylation sites is 2. The summed E-state index contributed by atoms with van der Waals surface area (Å²) in [6.07, 6.45) is 3.94. The van der Waals surface area contributed by atoms with Crippen LogP contribution in [-0.4, -0.2) is 0 Å². The van der Waals surface area contributed by atoms with E-state index >= 15 is 0 Å². The van der Waals surface area contributed by atoms with Crippen LogP contribution in [-0.2, 0) is 0 Å². The van der Waals surface area contributed by atoms with Gasteiger partial charge in [0.2, 0.25) is 0 Å². The van der Waals surface area contributed by atoms with Crippen molar-refractivity contribution in [1.29, 1.82) is 0 Å². The normalized spacial score (nSPS) is 17.7. The van der Waals surface area contributed by atoms with Gasteiger partial charge < -0.3 is 8.83 Å². The zero-order chi connectivity index (χ0) is 75.1. The lowest BCUT2D eigenvalue weighted by molar-refractivity contribution is 0.668. The highest BCUT2D eigenvalue weighted by Crippen LogP contribution is 2.51. The molecule has 2 aliphatic rings. The molecule has 3 atom stereocenters. The molecule has 2 heteroatoms. The molecule has 0 radical (unpaired) electrons. The van der Waals surface area contributed by atoms with E-state index < -0.39 is 24.4 Å². The Bertz CT molecular complexity index is 8040. The molecule has 0 saturated heterocycles. The molecule has 0 N–H and O–H groups in total. The molecule has 2 aromatic heterocycles. The van der Waals surface area contributed by atoms with E-state index in [0.717, 1.165) is 115 Å². The Morgan fingerprint density at radius 2 is 0.765 bits per heavy atom. The molecule has 0 fully saturated rings. The maximum Gasteiger partial charge on any atom is 0.135 e. The van der Waals surface area contributed by atoms with Crippen LogP contribution in [0.5, 0.6) is 0 Å². The van der Waals surface area contributed by atoms with Crippen molar-refractivity contribution in [2.45, 2.75) is 24.7 Å². The minimum Gasteiger partial charge on any atom is -0.456 e. The van der Waals surface area contributed by atoms with Gasteiger partial charge in [-0.1, -0.05) is 279 Å². The SMILES string of the molecule is [2H]C1=C(c2cc3cccc4ccc5cccc2c5c43)C([2H])C(c2ccc3ccc4cccc5ccc2c3c45)C([2H])=C1c1ccc2oc3ccccc3c2c1.[2H]c1c([2H])c([2H])c2c(oc3c([2H])c([2H])c(C4=CC(c5ccc6ccc7cccc8ccc5c6c78)CC(c5cc6cccc7ccc8cccc5c8c76)=C4)c([2H])c32)c1[2H]. The van der Waals surface area contributed by atoms with Crippen molar-refractivity contribution in [3.8, 4) is 0 Å². The van der Waals surface area contributed by atoms with E-state index in [2.05, 4.69) is 243 Å². The average molecular weight is 1300 g/mol. The smallest absolute Gasteiger partial charge is 0.135 e. The van der Waals surface area contributed by atoms with Crippen molar-refractivity contribution in [2.24, 2.45) is 0 Å². The third-order valence-electron chi connectivity index (χ3n) is 22.4. The summed E-state index contributed by atoms with van der Waals surface area (Å²) in [6, 6.07) is 90.2. The maximum atomic E-state index is 10.3. The molecule has 22 aromatic rings. The van der Waals surface area contributed by atoms with Gasteiger partial charge in [0, 0.05) is 34.8 Å². The van der Waals surface area contributed by atoms with Gasteiger partial charge in [0.1, 0.15) is 22.3 Å².